The molecule has 0 unspecified atom stereocenters. The number of nitro groups is 1. The molecule has 0 spiro atoms. The third-order valence-electron chi connectivity index (χ3n) is 5.26. The summed E-state index contributed by atoms with van der Waals surface area (Å²) in [6, 6.07) is 17.2. The number of phenolic OH excluding ortho intramolecular Hbond substituents is 1. The van der Waals surface area contributed by atoms with Gasteiger partial charge in [-0.1, -0.05) is 26.0 Å². The van der Waals surface area contributed by atoms with Gasteiger partial charge in [0.1, 0.15) is 11.3 Å². The predicted octanol–water partition coefficient (Wildman–Crippen LogP) is 6.37. The lowest BCUT2D eigenvalue weighted by atomic mass is 9.98. The SMILES string of the molecule is CC[C@@H](C)c1ccc2oc(-c3cccc(N=Cc4cc([N+](=O)[O-])ccc4O)c3)nc2c1. The van der Waals surface area contributed by atoms with E-state index in [-0.39, 0.29) is 17.0 Å². The number of benzene rings is 3. The van der Waals surface area contributed by atoms with Crippen LogP contribution in [0.1, 0.15) is 37.3 Å². The van der Waals surface area contributed by atoms with Crippen molar-refractivity contribution in [2.24, 2.45) is 4.99 Å². The average Bonchev–Trinajstić information content (AvgIpc) is 3.21. The van der Waals surface area contributed by atoms with E-state index in [0.717, 1.165) is 23.1 Å². The number of hydrogen-bond acceptors (Lipinski definition) is 6. The summed E-state index contributed by atoms with van der Waals surface area (Å²) < 4.78 is 5.92. The van der Waals surface area contributed by atoms with Crippen LogP contribution in [0.15, 0.2) is 70.1 Å². The van der Waals surface area contributed by atoms with E-state index in [1.165, 1.54) is 30.0 Å². The maximum atomic E-state index is 11.0. The van der Waals surface area contributed by atoms with E-state index < -0.39 is 4.92 Å². The first-order chi connectivity index (χ1) is 14.9. The number of aromatic nitrogens is 1. The Bertz CT molecular complexity index is 1290. The Hall–Kier alpha value is -4.00. The standard InChI is InChI=1S/C24H21N3O4/c1-3-15(2)16-7-10-23-21(13-16)26-24(31-23)17-5-4-6-19(11-17)25-14-18-12-20(27(29)30)8-9-22(18)28/h4-15,28H,3H2,1-2H3/t15-/m1/s1. The van der Waals surface area contributed by atoms with Crippen LogP contribution in [0.2, 0.25) is 0 Å². The summed E-state index contributed by atoms with van der Waals surface area (Å²) in [5.41, 5.74) is 4.27. The van der Waals surface area contributed by atoms with Gasteiger partial charge in [0.15, 0.2) is 5.58 Å². The van der Waals surface area contributed by atoms with Crippen LogP contribution in [0.4, 0.5) is 11.4 Å². The van der Waals surface area contributed by atoms with E-state index in [2.05, 4.69) is 36.0 Å². The second kappa shape index (κ2) is 8.39. The van der Waals surface area contributed by atoms with E-state index in [4.69, 9.17) is 4.42 Å². The second-order valence-electron chi connectivity index (χ2n) is 7.36. The first-order valence-corrected chi connectivity index (χ1v) is 9.97. The molecule has 0 fully saturated rings. The Balaban J connectivity index is 1.64. The molecule has 4 rings (SSSR count). The molecule has 0 saturated heterocycles. The van der Waals surface area contributed by atoms with Crippen molar-refractivity contribution in [1.29, 1.82) is 0 Å². The molecule has 0 amide bonds. The van der Waals surface area contributed by atoms with Crippen LogP contribution in [0, 0.1) is 10.1 Å². The molecule has 0 radical (unpaired) electrons. The predicted molar refractivity (Wildman–Crippen MR) is 120 cm³/mol. The summed E-state index contributed by atoms with van der Waals surface area (Å²) in [5, 5.41) is 20.9. The van der Waals surface area contributed by atoms with E-state index in [1.54, 1.807) is 6.07 Å². The highest BCUT2D eigenvalue weighted by Gasteiger charge is 2.12. The molecule has 0 aliphatic carbocycles. The Labute approximate surface area is 178 Å². The van der Waals surface area contributed by atoms with Crippen LogP contribution in [-0.4, -0.2) is 21.2 Å². The van der Waals surface area contributed by atoms with Crippen LogP contribution in [0.5, 0.6) is 5.75 Å². The van der Waals surface area contributed by atoms with E-state index in [0.29, 0.717) is 17.5 Å². The number of phenols is 1. The van der Waals surface area contributed by atoms with Gasteiger partial charge < -0.3 is 9.52 Å². The van der Waals surface area contributed by atoms with Crippen LogP contribution in [0.25, 0.3) is 22.6 Å². The highest BCUT2D eigenvalue weighted by molar-refractivity contribution is 5.86. The Morgan fingerprint density at radius 3 is 2.81 bits per heavy atom. The Kier molecular flexibility index (Phi) is 5.49. The number of non-ortho nitro benzene ring substituents is 1. The number of nitro benzene ring substituents is 1. The maximum Gasteiger partial charge on any atom is 0.270 e. The topological polar surface area (TPSA) is 102 Å². The van der Waals surface area contributed by atoms with E-state index >= 15 is 0 Å². The van der Waals surface area contributed by atoms with Gasteiger partial charge in [-0.25, -0.2) is 4.98 Å². The summed E-state index contributed by atoms with van der Waals surface area (Å²) in [6.07, 6.45) is 2.45. The molecular formula is C24H21N3O4. The lowest BCUT2D eigenvalue weighted by molar-refractivity contribution is -0.384. The van der Waals surface area contributed by atoms with Crippen LogP contribution in [0.3, 0.4) is 0 Å². The molecule has 1 heterocycles. The Morgan fingerprint density at radius 2 is 2.03 bits per heavy atom. The minimum absolute atomic E-state index is 0.0819. The van der Waals surface area contributed by atoms with Crippen molar-refractivity contribution in [2.45, 2.75) is 26.2 Å². The normalized spacial score (nSPS) is 12.5. The molecule has 7 heteroatoms. The van der Waals surface area contributed by atoms with Crippen molar-refractivity contribution in [3.8, 4) is 17.2 Å². The zero-order valence-corrected chi connectivity index (χ0v) is 17.1. The number of rotatable bonds is 6. The zero-order valence-electron chi connectivity index (χ0n) is 17.1. The third kappa shape index (κ3) is 4.30. The highest BCUT2D eigenvalue weighted by Crippen LogP contribution is 2.30. The molecule has 0 aliphatic heterocycles. The zero-order chi connectivity index (χ0) is 22.0. The molecule has 1 aromatic heterocycles. The molecule has 0 saturated carbocycles. The number of nitrogens with zero attached hydrogens (tertiary/aromatic N) is 3. The minimum Gasteiger partial charge on any atom is -0.507 e. The number of aromatic hydroxyl groups is 1. The van der Waals surface area contributed by atoms with Crippen LogP contribution >= 0.6 is 0 Å². The first kappa shape index (κ1) is 20.3. The van der Waals surface area contributed by atoms with Gasteiger partial charge in [0.25, 0.3) is 5.69 Å². The molecule has 31 heavy (non-hydrogen) atoms. The van der Waals surface area contributed by atoms with E-state index in [1.807, 2.05) is 24.3 Å². The van der Waals surface area contributed by atoms with Gasteiger partial charge in [0, 0.05) is 29.5 Å². The van der Waals surface area contributed by atoms with Gasteiger partial charge in [-0.05, 0) is 54.3 Å². The van der Waals surface area contributed by atoms with Crippen molar-refractivity contribution in [1.82, 2.24) is 4.98 Å². The van der Waals surface area contributed by atoms with Crippen molar-refractivity contribution < 1.29 is 14.4 Å². The van der Waals surface area contributed by atoms with Crippen molar-refractivity contribution in [3.63, 3.8) is 0 Å². The fourth-order valence-corrected chi connectivity index (χ4v) is 3.23. The average molecular weight is 415 g/mol. The quantitative estimate of drug-likeness (QED) is 0.224. The summed E-state index contributed by atoms with van der Waals surface area (Å²) in [6.45, 7) is 4.34. The summed E-state index contributed by atoms with van der Waals surface area (Å²) >= 11 is 0. The Morgan fingerprint density at radius 1 is 1.19 bits per heavy atom. The summed E-state index contributed by atoms with van der Waals surface area (Å²) in [5.74, 6) is 0.862. The summed E-state index contributed by atoms with van der Waals surface area (Å²) in [7, 11) is 0. The fraction of sp³-hybridized carbons (Fsp3) is 0.167. The number of hydrogen-bond donors (Lipinski definition) is 1. The molecule has 156 valence electrons. The lowest BCUT2D eigenvalue weighted by Crippen LogP contribution is -1.90. The number of oxazole rings is 1. The van der Waals surface area contributed by atoms with Gasteiger partial charge in [-0.2, -0.15) is 0 Å². The number of fused-ring (bicyclic) bond motifs is 1. The van der Waals surface area contributed by atoms with Gasteiger partial charge in [0.05, 0.1) is 10.6 Å². The molecular weight excluding hydrogens is 394 g/mol. The molecule has 4 aromatic rings. The smallest absolute Gasteiger partial charge is 0.270 e. The van der Waals surface area contributed by atoms with Gasteiger partial charge in [-0.15, -0.1) is 0 Å². The van der Waals surface area contributed by atoms with Gasteiger partial charge in [0.2, 0.25) is 5.89 Å². The first-order valence-electron chi connectivity index (χ1n) is 9.97. The van der Waals surface area contributed by atoms with Crippen LogP contribution in [-0.2, 0) is 0 Å². The van der Waals surface area contributed by atoms with Gasteiger partial charge >= 0.3 is 0 Å². The lowest BCUT2D eigenvalue weighted by Gasteiger charge is -2.07. The fourth-order valence-electron chi connectivity index (χ4n) is 3.23. The maximum absolute atomic E-state index is 11.0. The molecule has 0 aliphatic rings. The monoisotopic (exact) mass is 415 g/mol. The van der Waals surface area contributed by atoms with Crippen molar-refractivity contribution >= 4 is 28.7 Å². The molecule has 1 N–H and O–H groups in total. The van der Waals surface area contributed by atoms with Crippen molar-refractivity contribution in [2.75, 3.05) is 0 Å². The second-order valence-corrected chi connectivity index (χ2v) is 7.36. The molecule has 1 atom stereocenters. The third-order valence-corrected chi connectivity index (χ3v) is 5.26. The largest absolute Gasteiger partial charge is 0.507 e. The minimum atomic E-state index is -0.517. The summed E-state index contributed by atoms with van der Waals surface area (Å²) in [4.78, 5) is 19.4. The molecule has 0 bridgehead atoms. The molecule has 7 nitrogen and oxygen atoms in total. The van der Waals surface area contributed by atoms with Gasteiger partial charge in [-0.3, -0.25) is 15.1 Å². The highest BCUT2D eigenvalue weighted by atomic mass is 16.6. The van der Waals surface area contributed by atoms with Crippen LogP contribution < -0.4 is 0 Å². The molecule has 3 aromatic carbocycles. The number of aliphatic imine (C=N–C) groups is 1. The van der Waals surface area contributed by atoms with Crippen molar-refractivity contribution in [3.05, 3.63) is 81.9 Å². The van der Waals surface area contributed by atoms with E-state index in [9.17, 15) is 15.2 Å².